The summed E-state index contributed by atoms with van der Waals surface area (Å²) in [5.74, 6) is -0.509. The number of ether oxygens (including phenoxy) is 1. The number of likely N-dealkylation sites (tertiary alicyclic amines) is 1. The number of halogens is 1. The Morgan fingerprint density at radius 1 is 1.47 bits per heavy atom. The molecule has 2 rings (SSSR count). The molecule has 0 N–H and O–H groups in total. The van der Waals surface area contributed by atoms with Gasteiger partial charge in [-0.3, -0.25) is 0 Å². The number of aromatic nitrogens is 1. The lowest BCUT2D eigenvalue weighted by atomic mass is 10.1. The first-order valence-electron chi connectivity index (χ1n) is 6.48. The van der Waals surface area contributed by atoms with Crippen LogP contribution in [0.2, 0.25) is 0 Å². The lowest BCUT2D eigenvalue weighted by molar-refractivity contribution is 0.0224. The number of hydrogen-bond acceptors (Lipinski definition) is 3. The number of amides is 1. The molecule has 4 nitrogen and oxygen atoms in total. The van der Waals surface area contributed by atoms with Crippen LogP contribution >= 0.6 is 0 Å². The van der Waals surface area contributed by atoms with E-state index in [0.29, 0.717) is 6.54 Å². The third-order valence-electron chi connectivity index (χ3n) is 3.02. The van der Waals surface area contributed by atoms with Gasteiger partial charge in [-0.05, 0) is 45.2 Å². The summed E-state index contributed by atoms with van der Waals surface area (Å²) in [5, 5.41) is 0. The first-order chi connectivity index (χ1) is 8.87. The summed E-state index contributed by atoms with van der Waals surface area (Å²) in [5.41, 5.74) is 0.343. The van der Waals surface area contributed by atoms with Gasteiger partial charge in [-0.25, -0.2) is 9.78 Å². The molecule has 104 valence electrons. The van der Waals surface area contributed by atoms with Crippen molar-refractivity contribution >= 4 is 6.09 Å². The first-order valence-corrected chi connectivity index (χ1v) is 6.48. The Morgan fingerprint density at radius 3 is 2.79 bits per heavy atom. The zero-order valence-corrected chi connectivity index (χ0v) is 11.5. The van der Waals surface area contributed by atoms with Crippen molar-refractivity contribution in [3.05, 3.63) is 29.8 Å². The monoisotopic (exact) mass is 266 g/mol. The maximum absolute atomic E-state index is 12.8. The molecule has 0 saturated carbocycles. The summed E-state index contributed by atoms with van der Waals surface area (Å²) in [7, 11) is 0. The second kappa shape index (κ2) is 5.15. The number of hydrogen-bond donors (Lipinski definition) is 0. The summed E-state index contributed by atoms with van der Waals surface area (Å²) in [6.45, 7) is 6.19. The average molecular weight is 266 g/mol. The van der Waals surface area contributed by atoms with E-state index < -0.39 is 11.5 Å². The fourth-order valence-corrected chi connectivity index (χ4v) is 2.24. The van der Waals surface area contributed by atoms with Gasteiger partial charge in [0, 0.05) is 12.7 Å². The normalized spacial score (nSPS) is 19.6. The van der Waals surface area contributed by atoms with E-state index in [4.69, 9.17) is 4.74 Å². The fourth-order valence-electron chi connectivity index (χ4n) is 2.24. The minimum atomic E-state index is -0.509. The Labute approximate surface area is 112 Å². The van der Waals surface area contributed by atoms with Gasteiger partial charge in [-0.2, -0.15) is 4.39 Å². The van der Waals surface area contributed by atoms with Crippen molar-refractivity contribution in [2.75, 3.05) is 6.54 Å². The predicted octanol–water partition coefficient (Wildman–Crippen LogP) is 3.29. The van der Waals surface area contributed by atoms with Crippen molar-refractivity contribution < 1.29 is 13.9 Å². The summed E-state index contributed by atoms with van der Waals surface area (Å²) in [6.07, 6.45) is 2.94. The molecule has 1 fully saturated rings. The molecule has 1 aromatic heterocycles. The maximum atomic E-state index is 12.8. The number of nitrogens with zero attached hydrogens (tertiary/aromatic N) is 2. The molecular formula is C14H19FN2O2. The highest BCUT2D eigenvalue weighted by molar-refractivity contribution is 5.69. The third-order valence-corrected chi connectivity index (χ3v) is 3.02. The van der Waals surface area contributed by atoms with E-state index in [1.165, 1.54) is 12.3 Å². The van der Waals surface area contributed by atoms with Crippen LogP contribution in [-0.4, -0.2) is 28.1 Å². The molecule has 0 aromatic carbocycles. The molecule has 1 saturated heterocycles. The standard InChI is InChI=1S/C14H19FN2O2/c1-14(2,3)19-13(18)17-8-4-5-11(17)10-6-7-12(15)16-9-10/h6-7,9,11H,4-5,8H2,1-3H3. The molecule has 0 spiro atoms. The van der Waals surface area contributed by atoms with Crippen molar-refractivity contribution in [1.29, 1.82) is 0 Å². The van der Waals surface area contributed by atoms with Crippen LogP contribution in [0, 0.1) is 5.95 Å². The highest BCUT2D eigenvalue weighted by atomic mass is 19.1. The molecule has 1 aromatic rings. The van der Waals surface area contributed by atoms with E-state index in [9.17, 15) is 9.18 Å². The number of rotatable bonds is 1. The van der Waals surface area contributed by atoms with Crippen molar-refractivity contribution in [3.8, 4) is 0 Å². The number of pyridine rings is 1. The molecule has 1 aliphatic rings. The lowest BCUT2D eigenvalue weighted by Gasteiger charge is -2.28. The number of carbonyl (C=O) groups is 1. The quantitative estimate of drug-likeness (QED) is 0.732. The van der Waals surface area contributed by atoms with Gasteiger partial charge in [-0.15, -0.1) is 0 Å². The SMILES string of the molecule is CC(C)(C)OC(=O)N1CCCC1c1ccc(F)nc1. The van der Waals surface area contributed by atoms with Crippen LogP contribution in [0.15, 0.2) is 18.3 Å². The minimum Gasteiger partial charge on any atom is -0.444 e. The van der Waals surface area contributed by atoms with Crippen LogP contribution in [0.1, 0.15) is 45.2 Å². The van der Waals surface area contributed by atoms with Crippen LogP contribution in [0.5, 0.6) is 0 Å². The zero-order valence-electron chi connectivity index (χ0n) is 11.5. The molecule has 0 radical (unpaired) electrons. The van der Waals surface area contributed by atoms with E-state index in [0.717, 1.165) is 18.4 Å². The fraction of sp³-hybridized carbons (Fsp3) is 0.571. The number of carbonyl (C=O) groups excluding carboxylic acids is 1. The van der Waals surface area contributed by atoms with Crippen molar-refractivity contribution in [1.82, 2.24) is 9.88 Å². The summed E-state index contributed by atoms with van der Waals surface area (Å²) >= 11 is 0. The molecule has 2 heterocycles. The van der Waals surface area contributed by atoms with E-state index >= 15 is 0 Å². The Bertz CT molecular complexity index is 454. The molecule has 19 heavy (non-hydrogen) atoms. The summed E-state index contributed by atoms with van der Waals surface area (Å²) in [4.78, 5) is 17.5. The molecule has 0 bridgehead atoms. The third kappa shape index (κ3) is 3.43. The molecule has 1 amide bonds. The van der Waals surface area contributed by atoms with Crippen molar-refractivity contribution in [3.63, 3.8) is 0 Å². The topological polar surface area (TPSA) is 42.4 Å². The highest BCUT2D eigenvalue weighted by Gasteiger charge is 2.33. The maximum Gasteiger partial charge on any atom is 0.410 e. The second-order valence-electron chi connectivity index (χ2n) is 5.75. The second-order valence-corrected chi connectivity index (χ2v) is 5.75. The average Bonchev–Trinajstić information content (AvgIpc) is 2.76. The smallest absolute Gasteiger partial charge is 0.410 e. The van der Waals surface area contributed by atoms with Crippen LogP contribution in [0.4, 0.5) is 9.18 Å². The molecular weight excluding hydrogens is 247 g/mol. The summed E-state index contributed by atoms with van der Waals surface area (Å²) in [6, 6.07) is 2.93. The van der Waals surface area contributed by atoms with Gasteiger partial charge >= 0.3 is 6.09 Å². The molecule has 1 atom stereocenters. The van der Waals surface area contributed by atoms with E-state index in [2.05, 4.69) is 4.98 Å². The molecule has 1 aliphatic heterocycles. The Balaban J connectivity index is 2.12. The van der Waals surface area contributed by atoms with Gasteiger partial charge in [0.05, 0.1) is 6.04 Å². The van der Waals surface area contributed by atoms with E-state index in [1.807, 2.05) is 20.8 Å². The van der Waals surface area contributed by atoms with Gasteiger partial charge in [-0.1, -0.05) is 6.07 Å². The minimum absolute atomic E-state index is 0.0667. The molecule has 0 aliphatic carbocycles. The predicted molar refractivity (Wildman–Crippen MR) is 69.1 cm³/mol. The van der Waals surface area contributed by atoms with Gasteiger partial charge in [0.2, 0.25) is 5.95 Å². The Kier molecular flexibility index (Phi) is 3.73. The molecule has 1 unspecified atom stereocenters. The van der Waals surface area contributed by atoms with Gasteiger partial charge < -0.3 is 9.64 Å². The van der Waals surface area contributed by atoms with E-state index in [1.54, 1.807) is 11.0 Å². The van der Waals surface area contributed by atoms with Crippen LogP contribution in [-0.2, 0) is 4.74 Å². The van der Waals surface area contributed by atoms with Crippen LogP contribution in [0.25, 0.3) is 0 Å². The van der Waals surface area contributed by atoms with Gasteiger partial charge in [0.15, 0.2) is 0 Å². The first kappa shape index (κ1) is 13.8. The van der Waals surface area contributed by atoms with E-state index in [-0.39, 0.29) is 12.1 Å². The van der Waals surface area contributed by atoms with Crippen LogP contribution < -0.4 is 0 Å². The lowest BCUT2D eigenvalue weighted by Crippen LogP contribution is -2.36. The molecule has 5 heteroatoms. The van der Waals surface area contributed by atoms with Gasteiger partial charge in [0.25, 0.3) is 0 Å². The Hall–Kier alpha value is -1.65. The van der Waals surface area contributed by atoms with Crippen LogP contribution in [0.3, 0.4) is 0 Å². The highest BCUT2D eigenvalue weighted by Crippen LogP contribution is 2.32. The largest absolute Gasteiger partial charge is 0.444 e. The zero-order chi connectivity index (χ0) is 14.0. The summed E-state index contributed by atoms with van der Waals surface area (Å²) < 4.78 is 18.2. The van der Waals surface area contributed by atoms with Crippen molar-refractivity contribution in [2.45, 2.75) is 45.3 Å². The van der Waals surface area contributed by atoms with Crippen molar-refractivity contribution in [2.24, 2.45) is 0 Å². The van der Waals surface area contributed by atoms with Gasteiger partial charge in [0.1, 0.15) is 5.60 Å². The Morgan fingerprint density at radius 2 is 2.21 bits per heavy atom.